The van der Waals surface area contributed by atoms with Crippen molar-refractivity contribution in [2.24, 2.45) is 5.92 Å². The molecule has 0 saturated heterocycles. The molecule has 1 heterocycles. The number of pyridine rings is 1. The molecular formula is C15H24N2O3. The largest absolute Gasteiger partial charge is 0.465 e. The summed E-state index contributed by atoms with van der Waals surface area (Å²) in [7, 11) is 1.36. The van der Waals surface area contributed by atoms with Crippen LogP contribution >= 0.6 is 0 Å². The van der Waals surface area contributed by atoms with Crippen molar-refractivity contribution in [3.8, 4) is 0 Å². The van der Waals surface area contributed by atoms with Gasteiger partial charge in [0.2, 0.25) is 0 Å². The smallest absolute Gasteiger partial charge is 0.339 e. The number of ether oxygens (including phenoxy) is 2. The lowest BCUT2D eigenvalue weighted by Crippen LogP contribution is -2.20. The van der Waals surface area contributed by atoms with Gasteiger partial charge in [0.15, 0.2) is 0 Å². The average molecular weight is 280 g/mol. The van der Waals surface area contributed by atoms with Crippen LogP contribution in [0.5, 0.6) is 0 Å². The number of aromatic nitrogens is 1. The summed E-state index contributed by atoms with van der Waals surface area (Å²) in [5.41, 5.74) is 1.35. The molecule has 1 aromatic rings. The lowest BCUT2D eigenvalue weighted by Gasteiger charge is -2.07. The summed E-state index contributed by atoms with van der Waals surface area (Å²) in [5, 5.41) is 3.25. The molecule has 0 radical (unpaired) electrons. The van der Waals surface area contributed by atoms with Gasteiger partial charge in [-0.1, -0.05) is 13.8 Å². The maximum Gasteiger partial charge on any atom is 0.339 e. The van der Waals surface area contributed by atoms with Crippen molar-refractivity contribution >= 4 is 5.97 Å². The van der Waals surface area contributed by atoms with Gasteiger partial charge in [0.1, 0.15) is 0 Å². The van der Waals surface area contributed by atoms with E-state index in [2.05, 4.69) is 28.9 Å². The van der Waals surface area contributed by atoms with Crippen LogP contribution in [-0.4, -0.2) is 37.8 Å². The van der Waals surface area contributed by atoms with Gasteiger partial charge >= 0.3 is 5.97 Å². The van der Waals surface area contributed by atoms with E-state index in [1.165, 1.54) is 13.3 Å². The van der Waals surface area contributed by atoms with E-state index < -0.39 is 0 Å². The monoisotopic (exact) mass is 280 g/mol. The van der Waals surface area contributed by atoms with Gasteiger partial charge in [-0.2, -0.15) is 0 Å². The fraction of sp³-hybridized carbons (Fsp3) is 0.600. The third kappa shape index (κ3) is 6.63. The molecule has 5 heteroatoms. The second kappa shape index (κ2) is 9.44. The van der Waals surface area contributed by atoms with Gasteiger partial charge in [-0.15, -0.1) is 0 Å². The minimum absolute atomic E-state index is 0.365. The van der Waals surface area contributed by atoms with Crippen LogP contribution in [-0.2, 0) is 16.0 Å². The Kier molecular flexibility index (Phi) is 7.84. The first-order chi connectivity index (χ1) is 9.63. The number of carbonyl (C=O) groups is 1. The fourth-order valence-electron chi connectivity index (χ4n) is 1.55. The van der Waals surface area contributed by atoms with Crippen molar-refractivity contribution in [3.63, 3.8) is 0 Å². The number of nitrogens with zero attached hydrogens (tertiary/aromatic N) is 1. The number of hydrogen-bond donors (Lipinski definition) is 1. The highest BCUT2D eigenvalue weighted by Gasteiger charge is 2.04. The second-order valence-electron chi connectivity index (χ2n) is 5.00. The van der Waals surface area contributed by atoms with Crippen LogP contribution in [0, 0.1) is 5.92 Å². The van der Waals surface area contributed by atoms with Crippen LogP contribution in [0.1, 0.15) is 36.3 Å². The maximum absolute atomic E-state index is 11.2. The second-order valence-corrected chi connectivity index (χ2v) is 5.00. The Morgan fingerprint density at radius 1 is 1.35 bits per heavy atom. The molecule has 0 aromatic carbocycles. The van der Waals surface area contributed by atoms with Crippen molar-refractivity contribution in [2.75, 3.05) is 26.9 Å². The number of nitrogens with one attached hydrogen (secondary N) is 1. The zero-order chi connectivity index (χ0) is 14.8. The van der Waals surface area contributed by atoms with Crippen molar-refractivity contribution in [3.05, 3.63) is 29.6 Å². The number of carbonyl (C=O) groups excluding carboxylic acids is 1. The third-order valence-electron chi connectivity index (χ3n) is 2.81. The predicted octanol–water partition coefficient (Wildman–Crippen LogP) is 2.02. The number of hydrogen-bond acceptors (Lipinski definition) is 5. The fourth-order valence-corrected chi connectivity index (χ4v) is 1.55. The zero-order valence-corrected chi connectivity index (χ0v) is 12.5. The Morgan fingerprint density at radius 3 is 2.75 bits per heavy atom. The number of esters is 1. The standard InChI is InChI=1S/C15H24N2O3/c1-12(2)6-8-20-9-7-16-11-14-5-4-13(10-17-14)15(18)19-3/h4-5,10,12,16H,6-9,11H2,1-3H3. The van der Waals surface area contributed by atoms with Crippen LogP contribution in [0.4, 0.5) is 0 Å². The molecular weight excluding hydrogens is 256 g/mol. The van der Waals surface area contributed by atoms with Crippen molar-refractivity contribution in [1.82, 2.24) is 10.3 Å². The quantitative estimate of drug-likeness (QED) is 0.554. The lowest BCUT2D eigenvalue weighted by molar-refractivity contribution is 0.0600. The van der Waals surface area contributed by atoms with Crippen LogP contribution in [0.15, 0.2) is 18.3 Å². The molecule has 20 heavy (non-hydrogen) atoms. The van der Waals surface area contributed by atoms with Crippen LogP contribution < -0.4 is 5.32 Å². The molecule has 0 fully saturated rings. The highest BCUT2D eigenvalue weighted by Crippen LogP contribution is 2.02. The van der Waals surface area contributed by atoms with Gasteiger partial charge < -0.3 is 14.8 Å². The van der Waals surface area contributed by atoms with Gasteiger partial charge in [0.05, 0.1) is 25.0 Å². The van der Waals surface area contributed by atoms with E-state index in [9.17, 15) is 4.79 Å². The molecule has 1 rings (SSSR count). The molecule has 0 aliphatic heterocycles. The Hall–Kier alpha value is -1.46. The minimum Gasteiger partial charge on any atom is -0.465 e. The first-order valence-electron chi connectivity index (χ1n) is 6.95. The van der Waals surface area contributed by atoms with Crippen LogP contribution in [0.25, 0.3) is 0 Å². The van der Waals surface area contributed by atoms with Crippen molar-refractivity contribution < 1.29 is 14.3 Å². The molecule has 0 spiro atoms. The Balaban J connectivity index is 2.14. The molecule has 0 aliphatic rings. The number of methoxy groups -OCH3 is 1. The highest BCUT2D eigenvalue weighted by atomic mass is 16.5. The van der Waals surface area contributed by atoms with Gasteiger partial charge in [0, 0.05) is 25.9 Å². The molecule has 0 amide bonds. The van der Waals surface area contributed by atoms with E-state index in [-0.39, 0.29) is 5.97 Å². The Labute approximate surface area is 120 Å². The molecule has 0 unspecified atom stereocenters. The lowest BCUT2D eigenvalue weighted by atomic mass is 10.1. The topological polar surface area (TPSA) is 60.5 Å². The average Bonchev–Trinajstić information content (AvgIpc) is 2.45. The molecule has 5 nitrogen and oxygen atoms in total. The SMILES string of the molecule is COC(=O)c1ccc(CNCCOCCC(C)C)nc1. The summed E-state index contributed by atoms with van der Waals surface area (Å²) in [6.45, 7) is 7.34. The summed E-state index contributed by atoms with van der Waals surface area (Å²) in [5.74, 6) is 0.316. The van der Waals surface area contributed by atoms with E-state index in [1.807, 2.05) is 6.07 Å². The predicted molar refractivity (Wildman–Crippen MR) is 77.6 cm³/mol. The summed E-state index contributed by atoms with van der Waals surface area (Å²) >= 11 is 0. The zero-order valence-electron chi connectivity index (χ0n) is 12.5. The Morgan fingerprint density at radius 2 is 2.15 bits per heavy atom. The minimum atomic E-state index is -0.365. The van der Waals surface area contributed by atoms with Gasteiger partial charge in [-0.05, 0) is 24.5 Å². The molecule has 0 bridgehead atoms. The van der Waals surface area contributed by atoms with E-state index in [4.69, 9.17) is 4.74 Å². The van der Waals surface area contributed by atoms with Gasteiger partial charge in [0.25, 0.3) is 0 Å². The van der Waals surface area contributed by atoms with E-state index >= 15 is 0 Å². The Bertz CT molecular complexity index is 391. The molecule has 0 saturated carbocycles. The first-order valence-corrected chi connectivity index (χ1v) is 6.95. The summed E-state index contributed by atoms with van der Waals surface area (Å²) in [6.07, 6.45) is 2.62. The molecule has 112 valence electrons. The van der Waals surface area contributed by atoms with Crippen molar-refractivity contribution in [1.29, 1.82) is 0 Å². The molecule has 1 aromatic heterocycles. The first kappa shape index (κ1) is 16.6. The normalized spacial score (nSPS) is 10.8. The van der Waals surface area contributed by atoms with Crippen LogP contribution in [0.2, 0.25) is 0 Å². The third-order valence-corrected chi connectivity index (χ3v) is 2.81. The van der Waals surface area contributed by atoms with Crippen molar-refractivity contribution in [2.45, 2.75) is 26.8 Å². The van der Waals surface area contributed by atoms with E-state index in [0.29, 0.717) is 24.6 Å². The highest BCUT2D eigenvalue weighted by molar-refractivity contribution is 5.88. The summed E-state index contributed by atoms with van der Waals surface area (Å²) < 4.78 is 10.1. The van der Waals surface area contributed by atoms with Gasteiger partial charge in [-0.25, -0.2) is 4.79 Å². The summed E-state index contributed by atoms with van der Waals surface area (Å²) in [4.78, 5) is 15.4. The summed E-state index contributed by atoms with van der Waals surface area (Å²) in [6, 6.07) is 3.54. The molecule has 0 aliphatic carbocycles. The van der Waals surface area contributed by atoms with Gasteiger partial charge in [-0.3, -0.25) is 4.98 Å². The van der Waals surface area contributed by atoms with E-state index in [1.54, 1.807) is 6.07 Å². The molecule has 0 atom stereocenters. The van der Waals surface area contributed by atoms with Crippen LogP contribution in [0.3, 0.4) is 0 Å². The van der Waals surface area contributed by atoms with E-state index in [0.717, 1.165) is 25.3 Å². The molecule has 1 N–H and O–H groups in total. The maximum atomic E-state index is 11.2. The number of rotatable bonds is 9.